The quantitative estimate of drug-likeness (QED) is 0.439. The van der Waals surface area contributed by atoms with Crippen molar-refractivity contribution in [1.82, 2.24) is 14.5 Å². The molecule has 0 aliphatic carbocycles. The SMILES string of the molecule is COC(=O)c1ccc2c(=O)n(C[C@@H](C)O)c(SCC(=O)N3CCCC3)nc2c1. The van der Waals surface area contributed by atoms with E-state index in [9.17, 15) is 19.5 Å². The van der Waals surface area contributed by atoms with Crippen LogP contribution in [0.15, 0.2) is 28.2 Å². The maximum atomic E-state index is 12.9. The first kappa shape index (κ1) is 20.3. The molecule has 1 saturated heterocycles. The third kappa shape index (κ3) is 4.36. The summed E-state index contributed by atoms with van der Waals surface area (Å²) in [7, 11) is 1.28. The molecule has 1 aromatic heterocycles. The highest BCUT2D eigenvalue weighted by Crippen LogP contribution is 2.21. The molecule has 1 aliphatic heterocycles. The molecule has 1 N–H and O–H groups in total. The van der Waals surface area contributed by atoms with Crippen molar-refractivity contribution in [2.45, 2.75) is 37.6 Å². The van der Waals surface area contributed by atoms with Crippen LogP contribution in [0.5, 0.6) is 0 Å². The Labute approximate surface area is 166 Å². The highest BCUT2D eigenvalue weighted by molar-refractivity contribution is 7.99. The number of ether oxygens (including phenoxy) is 1. The Hall–Kier alpha value is -2.39. The van der Waals surface area contributed by atoms with E-state index in [1.807, 2.05) is 0 Å². The number of aliphatic hydroxyl groups is 1. The molecule has 9 heteroatoms. The summed E-state index contributed by atoms with van der Waals surface area (Å²) in [6.45, 7) is 3.17. The molecule has 8 nitrogen and oxygen atoms in total. The van der Waals surface area contributed by atoms with Crippen LogP contribution in [-0.2, 0) is 16.1 Å². The lowest BCUT2D eigenvalue weighted by molar-refractivity contribution is -0.127. The molecule has 1 atom stereocenters. The van der Waals surface area contributed by atoms with Gasteiger partial charge in [0.1, 0.15) is 0 Å². The fourth-order valence-corrected chi connectivity index (χ4v) is 4.08. The van der Waals surface area contributed by atoms with Gasteiger partial charge >= 0.3 is 5.97 Å². The van der Waals surface area contributed by atoms with Gasteiger partial charge in [0.2, 0.25) is 5.91 Å². The number of esters is 1. The molecule has 0 bridgehead atoms. The van der Waals surface area contributed by atoms with Crippen LogP contribution in [0.25, 0.3) is 10.9 Å². The minimum Gasteiger partial charge on any atom is -0.465 e. The summed E-state index contributed by atoms with van der Waals surface area (Å²) >= 11 is 1.17. The van der Waals surface area contributed by atoms with Crippen LogP contribution in [0.1, 0.15) is 30.1 Å². The van der Waals surface area contributed by atoms with Gasteiger partial charge in [0.25, 0.3) is 5.56 Å². The van der Waals surface area contributed by atoms with E-state index in [1.165, 1.54) is 41.6 Å². The van der Waals surface area contributed by atoms with Gasteiger partial charge in [-0.25, -0.2) is 9.78 Å². The van der Waals surface area contributed by atoms with E-state index >= 15 is 0 Å². The number of rotatable bonds is 6. The number of carbonyl (C=O) groups is 2. The Morgan fingerprint density at radius 3 is 2.68 bits per heavy atom. The van der Waals surface area contributed by atoms with Gasteiger partial charge in [-0.05, 0) is 38.0 Å². The maximum Gasteiger partial charge on any atom is 0.337 e. The molecule has 150 valence electrons. The number of carbonyl (C=O) groups excluding carboxylic acids is 2. The number of hydrogen-bond acceptors (Lipinski definition) is 7. The third-order valence-corrected chi connectivity index (χ3v) is 5.53. The lowest BCUT2D eigenvalue weighted by Crippen LogP contribution is -2.31. The highest BCUT2D eigenvalue weighted by atomic mass is 32.2. The summed E-state index contributed by atoms with van der Waals surface area (Å²) in [6.07, 6.45) is 1.27. The molecule has 1 fully saturated rings. The minimum atomic E-state index is -0.750. The average Bonchev–Trinajstić information content (AvgIpc) is 3.22. The van der Waals surface area contributed by atoms with E-state index in [0.717, 1.165) is 25.9 Å². The van der Waals surface area contributed by atoms with Crippen molar-refractivity contribution in [2.24, 2.45) is 0 Å². The maximum absolute atomic E-state index is 12.9. The number of likely N-dealkylation sites (tertiary alicyclic amines) is 1. The number of nitrogens with zero attached hydrogens (tertiary/aromatic N) is 3. The Bertz CT molecular complexity index is 950. The number of thioether (sulfide) groups is 1. The fourth-order valence-electron chi connectivity index (χ4n) is 3.17. The van der Waals surface area contributed by atoms with Gasteiger partial charge in [0, 0.05) is 13.1 Å². The largest absolute Gasteiger partial charge is 0.465 e. The van der Waals surface area contributed by atoms with Gasteiger partial charge in [-0.15, -0.1) is 0 Å². The summed E-state index contributed by atoms with van der Waals surface area (Å²) < 4.78 is 6.10. The zero-order valence-electron chi connectivity index (χ0n) is 15.9. The Morgan fingerprint density at radius 1 is 1.32 bits per heavy atom. The van der Waals surface area contributed by atoms with E-state index in [0.29, 0.717) is 21.6 Å². The molecule has 0 saturated carbocycles. The van der Waals surface area contributed by atoms with Crippen molar-refractivity contribution < 1.29 is 19.4 Å². The van der Waals surface area contributed by atoms with Crippen molar-refractivity contribution in [2.75, 3.05) is 26.0 Å². The molecule has 2 heterocycles. The summed E-state index contributed by atoms with van der Waals surface area (Å²) in [6, 6.07) is 4.54. The van der Waals surface area contributed by atoms with E-state index in [2.05, 4.69) is 4.98 Å². The topological polar surface area (TPSA) is 102 Å². The number of fused-ring (bicyclic) bond motifs is 1. The van der Waals surface area contributed by atoms with Crippen LogP contribution in [-0.4, -0.2) is 63.5 Å². The first-order valence-corrected chi connectivity index (χ1v) is 10.1. The van der Waals surface area contributed by atoms with Gasteiger partial charge in [0.05, 0.1) is 42.0 Å². The third-order valence-electron chi connectivity index (χ3n) is 4.57. The average molecular weight is 405 g/mol. The molecule has 0 unspecified atom stereocenters. The van der Waals surface area contributed by atoms with Crippen LogP contribution in [0.2, 0.25) is 0 Å². The lowest BCUT2D eigenvalue weighted by atomic mass is 10.1. The van der Waals surface area contributed by atoms with Crippen molar-refractivity contribution >= 4 is 34.5 Å². The predicted octanol–water partition coefficient (Wildman–Crippen LogP) is 1.28. The van der Waals surface area contributed by atoms with Gasteiger partial charge in [-0.2, -0.15) is 0 Å². The second-order valence-corrected chi connectivity index (χ2v) is 7.70. The second kappa shape index (κ2) is 8.74. The Kier molecular flexibility index (Phi) is 6.35. The molecule has 1 amide bonds. The van der Waals surface area contributed by atoms with Gasteiger partial charge in [-0.1, -0.05) is 11.8 Å². The molecule has 2 aromatic rings. The standard InChI is InChI=1S/C19H23N3O5S/c1-12(23)10-22-17(25)14-6-5-13(18(26)27-2)9-15(14)20-19(22)28-11-16(24)21-7-3-4-8-21/h5-6,9,12,23H,3-4,7-8,10-11H2,1-2H3/t12-/m1/s1. The van der Waals surface area contributed by atoms with Crippen LogP contribution in [0, 0.1) is 0 Å². The lowest BCUT2D eigenvalue weighted by Gasteiger charge is -2.17. The Morgan fingerprint density at radius 2 is 2.04 bits per heavy atom. The monoisotopic (exact) mass is 405 g/mol. The summed E-state index contributed by atoms with van der Waals surface area (Å²) in [4.78, 5) is 43.4. The first-order chi connectivity index (χ1) is 13.4. The molecule has 0 spiro atoms. The smallest absolute Gasteiger partial charge is 0.337 e. The fraction of sp³-hybridized carbons (Fsp3) is 0.474. The number of methoxy groups -OCH3 is 1. The Balaban J connectivity index is 1.97. The summed E-state index contributed by atoms with van der Waals surface area (Å²) in [5.41, 5.74) is 0.323. The van der Waals surface area contributed by atoms with E-state index in [-0.39, 0.29) is 23.8 Å². The van der Waals surface area contributed by atoms with Gasteiger partial charge < -0.3 is 14.7 Å². The molecule has 28 heavy (non-hydrogen) atoms. The number of aliphatic hydroxyl groups excluding tert-OH is 1. The van der Waals surface area contributed by atoms with E-state index in [1.54, 1.807) is 11.8 Å². The second-order valence-electron chi connectivity index (χ2n) is 6.76. The van der Waals surface area contributed by atoms with Crippen molar-refractivity contribution in [1.29, 1.82) is 0 Å². The van der Waals surface area contributed by atoms with Crippen LogP contribution < -0.4 is 5.56 Å². The number of hydrogen-bond donors (Lipinski definition) is 1. The molecular weight excluding hydrogens is 382 g/mol. The van der Waals surface area contributed by atoms with Gasteiger partial charge in [-0.3, -0.25) is 14.2 Å². The molecule has 0 radical (unpaired) electrons. The normalized spacial score (nSPS) is 15.0. The zero-order chi connectivity index (χ0) is 20.3. The predicted molar refractivity (Wildman–Crippen MR) is 106 cm³/mol. The number of aromatic nitrogens is 2. The summed E-state index contributed by atoms with van der Waals surface area (Å²) in [5.74, 6) is -0.354. The molecule has 1 aliphatic rings. The molecule has 3 rings (SSSR count). The molecule has 1 aromatic carbocycles. The highest BCUT2D eigenvalue weighted by Gasteiger charge is 2.20. The van der Waals surface area contributed by atoms with Crippen molar-refractivity contribution in [3.63, 3.8) is 0 Å². The van der Waals surface area contributed by atoms with Crippen molar-refractivity contribution in [3.8, 4) is 0 Å². The molecular formula is C19H23N3O5S. The first-order valence-electron chi connectivity index (χ1n) is 9.12. The number of amides is 1. The summed E-state index contributed by atoms with van der Waals surface area (Å²) in [5, 5.41) is 10.5. The minimum absolute atomic E-state index is 0.00348. The van der Waals surface area contributed by atoms with Crippen LogP contribution >= 0.6 is 11.8 Å². The van der Waals surface area contributed by atoms with Crippen LogP contribution in [0.4, 0.5) is 0 Å². The van der Waals surface area contributed by atoms with Crippen LogP contribution in [0.3, 0.4) is 0 Å². The van der Waals surface area contributed by atoms with E-state index in [4.69, 9.17) is 4.74 Å². The number of benzene rings is 1. The van der Waals surface area contributed by atoms with E-state index < -0.39 is 12.1 Å². The van der Waals surface area contributed by atoms with Crippen molar-refractivity contribution in [3.05, 3.63) is 34.1 Å². The zero-order valence-corrected chi connectivity index (χ0v) is 16.7. The van der Waals surface area contributed by atoms with Gasteiger partial charge in [0.15, 0.2) is 5.16 Å².